The molecule has 0 heterocycles. The number of aromatic hydroxyl groups is 1. The standard InChI is InChI=1S/C14H13FN2O2/c1-8-6-10(18)3-4-11(8)14(19)17-9-2-5-12(15)13(16)7-9/h2-7,18H,16H2,1H3,(H,17,19). The van der Waals surface area contributed by atoms with E-state index in [4.69, 9.17) is 5.73 Å². The van der Waals surface area contributed by atoms with Gasteiger partial charge in [-0.15, -0.1) is 0 Å². The van der Waals surface area contributed by atoms with Gasteiger partial charge in [0.1, 0.15) is 11.6 Å². The van der Waals surface area contributed by atoms with Gasteiger partial charge in [-0.3, -0.25) is 4.79 Å². The fourth-order valence-corrected chi connectivity index (χ4v) is 1.72. The number of phenols is 1. The summed E-state index contributed by atoms with van der Waals surface area (Å²) < 4.78 is 13.0. The molecule has 0 aromatic heterocycles. The van der Waals surface area contributed by atoms with E-state index in [2.05, 4.69) is 5.32 Å². The highest BCUT2D eigenvalue weighted by atomic mass is 19.1. The number of nitrogens with two attached hydrogens (primary N) is 1. The first-order chi connectivity index (χ1) is 8.97. The second-order valence-corrected chi connectivity index (χ2v) is 4.19. The predicted molar refractivity (Wildman–Crippen MR) is 71.6 cm³/mol. The smallest absolute Gasteiger partial charge is 0.255 e. The summed E-state index contributed by atoms with van der Waals surface area (Å²) in [6.45, 7) is 1.72. The van der Waals surface area contributed by atoms with Crippen molar-refractivity contribution >= 4 is 17.3 Å². The van der Waals surface area contributed by atoms with E-state index in [1.807, 2.05) is 0 Å². The molecule has 4 N–H and O–H groups in total. The van der Waals surface area contributed by atoms with Crippen molar-refractivity contribution in [3.8, 4) is 5.75 Å². The van der Waals surface area contributed by atoms with E-state index < -0.39 is 5.82 Å². The van der Waals surface area contributed by atoms with Crippen molar-refractivity contribution in [2.24, 2.45) is 0 Å². The summed E-state index contributed by atoms with van der Waals surface area (Å²) in [7, 11) is 0. The lowest BCUT2D eigenvalue weighted by molar-refractivity contribution is 0.102. The first-order valence-electron chi connectivity index (χ1n) is 5.63. The lowest BCUT2D eigenvalue weighted by atomic mass is 10.1. The first kappa shape index (κ1) is 12.9. The van der Waals surface area contributed by atoms with Crippen LogP contribution in [0.2, 0.25) is 0 Å². The minimum Gasteiger partial charge on any atom is -0.508 e. The Labute approximate surface area is 109 Å². The Morgan fingerprint density at radius 3 is 2.63 bits per heavy atom. The molecule has 98 valence electrons. The Morgan fingerprint density at radius 2 is 2.00 bits per heavy atom. The summed E-state index contributed by atoms with van der Waals surface area (Å²) in [4.78, 5) is 12.0. The molecule has 0 saturated heterocycles. The number of benzene rings is 2. The second kappa shape index (κ2) is 4.97. The second-order valence-electron chi connectivity index (χ2n) is 4.19. The summed E-state index contributed by atoms with van der Waals surface area (Å²) in [5, 5.41) is 11.9. The third-order valence-corrected chi connectivity index (χ3v) is 2.71. The summed E-state index contributed by atoms with van der Waals surface area (Å²) in [6.07, 6.45) is 0. The third-order valence-electron chi connectivity index (χ3n) is 2.71. The lowest BCUT2D eigenvalue weighted by Crippen LogP contribution is -2.13. The number of aryl methyl sites for hydroxylation is 1. The minimum absolute atomic E-state index is 0.0276. The van der Waals surface area contributed by atoms with Crippen molar-refractivity contribution in [2.45, 2.75) is 6.92 Å². The van der Waals surface area contributed by atoms with E-state index >= 15 is 0 Å². The van der Waals surface area contributed by atoms with Crippen LogP contribution in [0.1, 0.15) is 15.9 Å². The fourth-order valence-electron chi connectivity index (χ4n) is 1.72. The molecule has 0 bridgehead atoms. The molecule has 2 aromatic rings. The first-order valence-corrected chi connectivity index (χ1v) is 5.63. The number of hydrogen-bond acceptors (Lipinski definition) is 3. The number of anilines is 2. The quantitative estimate of drug-likeness (QED) is 0.727. The topological polar surface area (TPSA) is 75.3 Å². The number of halogens is 1. The molecular weight excluding hydrogens is 247 g/mol. The lowest BCUT2D eigenvalue weighted by Gasteiger charge is -2.09. The van der Waals surface area contributed by atoms with Crippen molar-refractivity contribution in [3.05, 3.63) is 53.3 Å². The zero-order valence-corrected chi connectivity index (χ0v) is 10.3. The van der Waals surface area contributed by atoms with E-state index in [9.17, 15) is 14.3 Å². The van der Waals surface area contributed by atoms with Crippen LogP contribution in [-0.4, -0.2) is 11.0 Å². The summed E-state index contributed by atoms with van der Waals surface area (Å²) in [5.41, 5.74) is 6.89. The van der Waals surface area contributed by atoms with Gasteiger partial charge in [-0.2, -0.15) is 0 Å². The van der Waals surface area contributed by atoms with Crippen LogP contribution in [0.4, 0.5) is 15.8 Å². The average Bonchev–Trinajstić information content (AvgIpc) is 2.33. The van der Waals surface area contributed by atoms with Crippen LogP contribution in [0.25, 0.3) is 0 Å². The molecular formula is C14H13FN2O2. The number of nitrogen functional groups attached to an aromatic ring is 1. The molecule has 1 amide bonds. The third kappa shape index (κ3) is 2.82. The molecule has 0 atom stereocenters. The van der Waals surface area contributed by atoms with Crippen LogP contribution in [0, 0.1) is 12.7 Å². The van der Waals surface area contributed by atoms with Crippen LogP contribution >= 0.6 is 0 Å². The van der Waals surface area contributed by atoms with E-state index in [0.717, 1.165) is 0 Å². The van der Waals surface area contributed by atoms with Gasteiger partial charge in [-0.25, -0.2) is 4.39 Å². The molecule has 0 aliphatic heterocycles. The number of hydrogen-bond donors (Lipinski definition) is 3. The predicted octanol–water partition coefficient (Wildman–Crippen LogP) is 2.67. The van der Waals surface area contributed by atoms with E-state index in [1.165, 1.54) is 36.4 Å². The number of carbonyl (C=O) groups is 1. The van der Waals surface area contributed by atoms with Crippen LogP contribution < -0.4 is 11.1 Å². The average molecular weight is 260 g/mol. The fraction of sp³-hybridized carbons (Fsp3) is 0.0714. The number of nitrogens with one attached hydrogen (secondary N) is 1. The van der Waals surface area contributed by atoms with Gasteiger partial charge in [0.05, 0.1) is 5.69 Å². The highest BCUT2D eigenvalue weighted by Gasteiger charge is 2.10. The Balaban J connectivity index is 2.23. The summed E-state index contributed by atoms with van der Waals surface area (Å²) in [5.74, 6) is -0.776. The van der Waals surface area contributed by atoms with Crippen molar-refractivity contribution in [1.29, 1.82) is 0 Å². The van der Waals surface area contributed by atoms with Crippen LogP contribution in [0.15, 0.2) is 36.4 Å². The van der Waals surface area contributed by atoms with Gasteiger partial charge in [0.15, 0.2) is 0 Å². The molecule has 4 nitrogen and oxygen atoms in total. The summed E-state index contributed by atoms with van der Waals surface area (Å²) >= 11 is 0. The molecule has 5 heteroatoms. The highest BCUT2D eigenvalue weighted by molar-refractivity contribution is 6.05. The van der Waals surface area contributed by atoms with Crippen molar-refractivity contribution in [1.82, 2.24) is 0 Å². The monoisotopic (exact) mass is 260 g/mol. The number of carbonyl (C=O) groups excluding carboxylic acids is 1. The van der Waals surface area contributed by atoms with Crippen molar-refractivity contribution in [2.75, 3.05) is 11.1 Å². The molecule has 0 unspecified atom stereocenters. The van der Waals surface area contributed by atoms with Gasteiger partial charge in [-0.05, 0) is 48.9 Å². The minimum atomic E-state index is -0.529. The van der Waals surface area contributed by atoms with Gasteiger partial charge in [0, 0.05) is 11.3 Å². The Hall–Kier alpha value is -2.56. The van der Waals surface area contributed by atoms with Gasteiger partial charge < -0.3 is 16.2 Å². The number of rotatable bonds is 2. The largest absolute Gasteiger partial charge is 0.508 e. The molecule has 0 fully saturated rings. The maximum absolute atomic E-state index is 13.0. The van der Waals surface area contributed by atoms with E-state index in [0.29, 0.717) is 16.8 Å². The Morgan fingerprint density at radius 1 is 1.26 bits per heavy atom. The molecule has 2 aromatic carbocycles. The SMILES string of the molecule is Cc1cc(O)ccc1C(=O)Nc1ccc(F)c(N)c1. The van der Waals surface area contributed by atoms with Gasteiger partial charge in [-0.1, -0.05) is 0 Å². The van der Waals surface area contributed by atoms with Gasteiger partial charge in [0.25, 0.3) is 5.91 Å². The maximum atomic E-state index is 13.0. The van der Waals surface area contributed by atoms with Crippen LogP contribution in [-0.2, 0) is 0 Å². The maximum Gasteiger partial charge on any atom is 0.255 e. The molecule has 19 heavy (non-hydrogen) atoms. The zero-order chi connectivity index (χ0) is 14.0. The Kier molecular flexibility index (Phi) is 3.37. The number of phenolic OH excluding ortho intramolecular Hbond substituents is 1. The molecule has 0 aliphatic carbocycles. The van der Waals surface area contributed by atoms with Gasteiger partial charge >= 0.3 is 0 Å². The van der Waals surface area contributed by atoms with Crippen molar-refractivity contribution < 1.29 is 14.3 Å². The van der Waals surface area contributed by atoms with E-state index in [-0.39, 0.29) is 17.3 Å². The Bertz CT molecular complexity index is 641. The summed E-state index contributed by atoms with van der Waals surface area (Å²) in [6, 6.07) is 8.42. The highest BCUT2D eigenvalue weighted by Crippen LogP contribution is 2.19. The number of amides is 1. The van der Waals surface area contributed by atoms with Crippen LogP contribution in [0.5, 0.6) is 5.75 Å². The molecule has 0 radical (unpaired) electrons. The normalized spacial score (nSPS) is 10.2. The van der Waals surface area contributed by atoms with Gasteiger partial charge in [0.2, 0.25) is 0 Å². The zero-order valence-electron chi connectivity index (χ0n) is 10.3. The van der Waals surface area contributed by atoms with E-state index in [1.54, 1.807) is 6.92 Å². The molecule has 0 saturated carbocycles. The molecule has 0 spiro atoms. The molecule has 2 rings (SSSR count). The van der Waals surface area contributed by atoms with Crippen molar-refractivity contribution in [3.63, 3.8) is 0 Å². The molecule has 0 aliphatic rings. The van der Waals surface area contributed by atoms with Crippen LogP contribution in [0.3, 0.4) is 0 Å².